The average molecular weight is 222 g/mol. The fraction of sp³-hybridized carbons (Fsp3) is 0.182. The number of H-pyrrole nitrogens is 1. The van der Waals surface area contributed by atoms with Gasteiger partial charge in [-0.15, -0.1) is 0 Å². The van der Waals surface area contributed by atoms with Gasteiger partial charge in [0, 0.05) is 11.2 Å². The van der Waals surface area contributed by atoms with Crippen LogP contribution < -0.4 is 5.73 Å². The van der Waals surface area contributed by atoms with Crippen molar-refractivity contribution in [3.05, 3.63) is 52.8 Å². The van der Waals surface area contributed by atoms with Crippen molar-refractivity contribution in [1.82, 2.24) is 10.2 Å². The second kappa shape index (κ2) is 3.68. The molecule has 1 aromatic heterocycles. The molecule has 2 rings (SSSR count). The number of rotatable bonds is 2. The monoisotopic (exact) mass is 221 g/mol. The van der Waals surface area contributed by atoms with E-state index in [1.165, 1.54) is 0 Å². The van der Waals surface area contributed by atoms with E-state index in [9.17, 15) is 0 Å². The van der Waals surface area contributed by atoms with Crippen molar-refractivity contribution in [1.29, 1.82) is 0 Å². The number of nitrogens with zero attached hydrogens (tertiary/aromatic N) is 1. The number of benzene rings is 1. The van der Waals surface area contributed by atoms with Gasteiger partial charge in [-0.05, 0) is 30.7 Å². The molecule has 0 spiro atoms. The quantitative estimate of drug-likeness (QED) is 0.818. The zero-order valence-corrected chi connectivity index (χ0v) is 9.12. The minimum Gasteiger partial charge on any atom is -0.317 e. The molecule has 0 bridgehead atoms. The smallest absolute Gasteiger partial charge is 0.0805 e. The number of nitrogens with two attached hydrogens (primary N) is 1. The van der Waals surface area contributed by atoms with E-state index in [-0.39, 0.29) is 0 Å². The highest BCUT2D eigenvalue weighted by Crippen LogP contribution is 2.26. The van der Waals surface area contributed by atoms with Gasteiger partial charge >= 0.3 is 0 Å². The van der Waals surface area contributed by atoms with Gasteiger partial charge < -0.3 is 5.73 Å². The molecule has 0 fully saturated rings. The maximum absolute atomic E-state index is 6.24. The topological polar surface area (TPSA) is 54.7 Å². The molecule has 3 N–H and O–H groups in total. The molecule has 1 heterocycles. The molecule has 0 aliphatic carbocycles. The summed E-state index contributed by atoms with van der Waals surface area (Å²) >= 11 is 5.93. The molecule has 0 aliphatic heterocycles. The molecule has 0 radical (unpaired) electrons. The fourth-order valence-corrected chi connectivity index (χ4v) is 1.70. The summed E-state index contributed by atoms with van der Waals surface area (Å²) in [6.07, 6.45) is 1.69. The minimum absolute atomic E-state index is 0.596. The zero-order chi connectivity index (χ0) is 10.9. The second-order valence-electron chi connectivity index (χ2n) is 3.68. The Bertz CT molecular complexity index is 449. The molecule has 0 saturated heterocycles. The Morgan fingerprint density at radius 3 is 2.80 bits per heavy atom. The summed E-state index contributed by atoms with van der Waals surface area (Å²) in [5.74, 6) is 0. The fourth-order valence-electron chi connectivity index (χ4n) is 1.51. The molecule has 1 aromatic carbocycles. The van der Waals surface area contributed by atoms with Crippen LogP contribution in [-0.4, -0.2) is 10.2 Å². The van der Waals surface area contributed by atoms with Gasteiger partial charge in [0.2, 0.25) is 0 Å². The molecular weight excluding hydrogens is 210 g/mol. The Morgan fingerprint density at radius 2 is 2.20 bits per heavy atom. The molecule has 3 nitrogen and oxygen atoms in total. The van der Waals surface area contributed by atoms with E-state index in [1.807, 2.05) is 37.3 Å². The first kappa shape index (κ1) is 10.2. The van der Waals surface area contributed by atoms with Crippen LogP contribution in [0.4, 0.5) is 0 Å². The van der Waals surface area contributed by atoms with Crippen molar-refractivity contribution in [3.63, 3.8) is 0 Å². The van der Waals surface area contributed by atoms with E-state index < -0.39 is 5.54 Å². The molecule has 15 heavy (non-hydrogen) atoms. The number of aromatic nitrogens is 2. The Hall–Kier alpha value is -1.32. The first-order valence-corrected chi connectivity index (χ1v) is 5.03. The summed E-state index contributed by atoms with van der Waals surface area (Å²) < 4.78 is 0. The van der Waals surface area contributed by atoms with Crippen LogP contribution in [0.2, 0.25) is 5.02 Å². The van der Waals surface area contributed by atoms with Crippen LogP contribution >= 0.6 is 11.6 Å². The molecule has 0 amide bonds. The number of nitrogens with one attached hydrogen (secondary N) is 1. The lowest BCUT2D eigenvalue weighted by atomic mass is 9.90. The largest absolute Gasteiger partial charge is 0.317 e. The van der Waals surface area contributed by atoms with E-state index >= 15 is 0 Å². The molecular formula is C11H12ClN3. The number of aromatic amines is 1. The molecule has 1 atom stereocenters. The van der Waals surface area contributed by atoms with Crippen molar-refractivity contribution < 1.29 is 0 Å². The number of hydrogen-bond acceptors (Lipinski definition) is 2. The molecule has 2 aromatic rings. The van der Waals surface area contributed by atoms with Gasteiger partial charge in [-0.2, -0.15) is 5.10 Å². The Labute approximate surface area is 93.3 Å². The van der Waals surface area contributed by atoms with Crippen molar-refractivity contribution >= 4 is 11.6 Å². The molecule has 0 saturated carbocycles. The first-order valence-electron chi connectivity index (χ1n) is 4.65. The Morgan fingerprint density at radius 1 is 1.40 bits per heavy atom. The third kappa shape index (κ3) is 1.89. The van der Waals surface area contributed by atoms with Crippen LogP contribution in [0.15, 0.2) is 36.5 Å². The highest BCUT2D eigenvalue weighted by atomic mass is 35.5. The predicted molar refractivity (Wildman–Crippen MR) is 60.7 cm³/mol. The number of hydrogen-bond donors (Lipinski definition) is 2. The Balaban J connectivity index is 2.46. The second-order valence-corrected chi connectivity index (χ2v) is 4.12. The molecule has 0 aliphatic rings. The SMILES string of the molecule is CC(N)(c1cccc(Cl)c1)c1ccn[nH]1. The maximum Gasteiger partial charge on any atom is 0.0805 e. The molecule has 78 valence electrons. The summed E-state index contributed by atoms with van der Waals surface area (Å²) in [4.78, 5) is 0. The van der Waals surface area contributed by atoms with Crippen molar-refractivity contribution in [2.75, 3.05) is 0 Å². The summed E-state index contributed by atoms with van der Waals surface area (Å²) in [5, 5.41) is 7.46. The van der Waals surface area contributed by atoms with Gasteiger partial charge in [-0.1, -0.05) is 23.7 Å². The number of halogens is 1. The summed E-state index contributed by atoms with van der Waals surface area (Å²) in [7, 11) is 0. The van der Waals surface area contributed by atoms with E-state index in [2.05, 4.69) is 10.2 Å². The van der Waals surface area contributed by atoms with Crippen molar-refractivity contribution in [2.45, 2.75) is 12.5 Å². The minimum atomic E-state index is -0.596. The lowest BCUT2D eigenvalue weighted by Gasteiger charge is -2.23. The summed E-state index contributed by atoms with van der Waals surface area (Å²) in [6.45, 7) is 1.92. The lowest BCUT2D eigenvalue weighted by Crippen LogP contribution is -2.34. The summed E-state index contributed by atoms with van der Waals surface area (Å²) in [5.41, 5.74) is 7.47. The highest BCUT2D eigenvalue weighted by Gasteiger charge is 2.25. The average Bonchev–Trinajstić information content (AvgIpc) is 2.71. The standard InChI is InChI=1S/C11H12ClN3/c1-11(13,10-5-6-14-15-10)8-3-2-4-9(12)7-8/h2-7H,13H2,1H3,(H,14,15). The maximum atomic E-state index is 6.24. The normalized spacial score (nSPS) is 14.9. The van der Waals surface area contributed by atoms with Crippen molar-refractivity contribution in [2.24, 2.45) is 5.73 Å². The van der Waals surface area contributed by atoms with Gasteiger partial charge in [-0.3, -0.25) is 5.10 Å². The van der Waals surface area contributed by atoms with Crippen LogP contribution in [0.3, 0.4) is 0 Å². The van der Waals surface area contributed by atoms with E-state index in [0.29, 0.717) is 5.02 Å². The first-order chi connectivity index (χ1) is 7.10. The van der Waals surface area contributed by atoms with Gasteiger partial charge in [0.25, 0.3) is 0 Å². The van der Waals surface area contributed by atoms with Gasteiger partial charge in [0.1, 0.15) is 0 Å². The van der Waals surface area contributed by atoms with Crippen LogP contribution in [0.1, 0.15) is 18.2 Å². The van der Waals surface area contributed by atoms with Gasteiger partial charge in [0.15, 0.2) is 0 Å². The zero-order valence-electron chi connectivity index (χ0n) is 8.37. The van der Waals surface area contributed by atoms with Gasteiger partial charge in [0.05, 0.1) is 11.2 Å². The van der Waals surface area contributed by atoms with E-state index in [4.69, 9.17) is 17.3 Å². The highest BCUT2D eigenvalue weighted by molar-refractivity contribution is 6.30. The van der Waals surface area contributed by atoms with Crippen LogP contribution in [0.5, 0.6) is 0 Å². The molecule has 1 unspecified atom stereocenters. The third-order valence-electron chi connectivity index (χ3n) is 2.48. The lowest BCUT2D eigenvalue weighted by molar-refractivity contribution is 0.579. The van der Waals surface area contributed by atoms with Gasteiger partial charge in [-0.25, -0.2) is 0 Å². The Kier molecular flexibility index (Phi) is 2.50. The van der Waals surface area contributed by atoms with E-state index in [1.54, 1.807) is 6.20 Å². The predicted octanol–water partition coefficient (Wildman–Crippen LogP) is 2.29. The van der Waals surface area contributed by atoms with E-state index in [0.717, 1.165) is 11.3 Å². The van der Waals surface area contributed by atoms with Crippen LogP contribution in [0, 0.1) is 0 Å². The summed E-state index contributed by atoms with van der Waals surface area (Å²) in [6, 6.07) is 9.39. The van der Waals surface area contributed by atoms with Crippen LogP contribution in [-0.2, 0) is 5.54 Å². The third-order valence-corrected chi connectivity index (χ3v) is 2.72. The molecule has 4 heteroatoms. The van der Waals surface area contributed by atoms with Crippen molar-refractivity contribution in [3.8, 4) is 0 Å². The van der Waals surface area contributed by atoms with Crippen LogP contribution in [0.25, 0.3) is 0 Å².